The van der Waals surface area contributed by atoms with E-state index in [0.29, 0.717) is 17.2 Å². The highest BCUT2D eigenvalue weighted by molar-refractivity contribution is 6.31. The van der Waals surface area contributed by atoms with Crippen LogP contribution < -0.4 is 10.1 Å². The molecule has 0 heterocycles. The number of carbonyl (C=O) groups excluding carboxylic acids is 2. The molecule has 154 valence electrons. The van der Waals surface area contributed by atoms with Crippen molar-refractivity contribution in [2.75, 3.05) is 6.61 Å². The second kappa shape index (κ2) is 7.41. The Labute approximate surface area is 178 Å². The summed E-state index contributed by atoms with van der Waals surface area (Å²) in [6, 6.07) is 10.8. The van der Waals surface area contributed by atoms with Gasteiger partial charge in [-0.1, -0.05) is 11.6 Å². The molecule has 0 radical (unpaired) electrons. The summed E-state index contributed by atoms with van der Waals surface area (Å²) in [5.41, 5.74) is 0.606. The van der Waals surface area contributed by atoms with Gasteiger partial charge in [-0.2, -0.15) is 5.26 Å². The van der Waals surface area contributed by atoms with E-state index in [1.807, 2.05) is 6.92 Å². The number of halogens is 2. The number of nitrogens with one attached hydrogen (secondary N) is 1. The van der Waals surface area contributed by atoms with Gasteiger partial charge in [0.05, 0.1) is 5.56 Å². The lowest BCUT2D eigenvalue weighted by Gasteiger charge is -2.70. The van der Waals surface area contributed by atoms with Gasteiger partial charge in [-0.3, -0.25) is 9.59 Å². The molecule has 0 unspecified atom stereocenters. The maximum atomic E-state index is 13.7. The van der Waals surface area contributed by atoms with Gasteiger partial charge in [0.25, 0.3) is 5.91 Å². The summed E-state index contributed by atoms with van der Waals surface area (Å²) < 4.78 is 19.3. The van der Waals surface area contributed by atoms with Crippen LogP contribution in [0.5, 0.6) is 5.75 Å². The zero-order valence-electron chi connectivity index (χ0n) is 16.4. The van der Waals surface area contributed by atoms with Gasteiger partial charge in [-0.05, 0) is 73.6 Å². The molecular weight excluding hydrogens is 407 g/mol. The lowest BCUT2D eigenvalue weighted by molar-refractivity contribution is -0.162. The van der Waals surface area contributed by atoms with E-state index in [4.69, 9.17) is 21.6 Å². The predicted octanol–water partition coefficient (Wildman–Crippen LogP) is 4.35. The number of nitriles is 1. The molecule has 1 N–H and O–H groups in total. The molecule has 5 rings (SSSR count). The second-order valence-corrected chi connectivity index (χ2v) is 8.89. The van der Waals surface area contributed by atoms with E-state index in [1.54, 1.807) is 24.3 Å². The smallest absolute Gasteiger partial charge is 0.251 e. The van der Waals surface area contributed by atoms with Crippen molar-refractivity contribution < 1.29 is 18.7 Å². The van der Waals surface area contributed by atoms with E-state index < -0.39 is 5.82 Å². The molecular formula is C23H20ClFN2O3. The fourth-order valence-electron chi connectivity index (χ4n) is 4.72. The van der Waals surface area contributed by atoms with E-state index >= 15 is 0 Å². The van der Waals surface area contributed by atoms with Crippen molar-refractivity contribution in [3.05, 3.63) is 63.9 Å². The Bertz CT molecular complexity index is 1070. The van der Waals surface area contributed by atoms with Gasteiger partial charge in [-0.15, -0.1) is 0 Å². The first kappa shape index (κ1) is 20.4. The van der Waals surface area contributed by atoms with E-state index in [1.165, 1.54) is 12.1 Å². The largest absolute Gasteiger partial charge is 0.486 e. The summed E-state index contributed by atoms with van der Waals surface area (Å²) in [7, 11) is 0. The molecule has 3 fully saturated rings. The topological polar surface area (TPSA) is 79.2 Å². The number of carbonyl (C=O) groups is 2. The number of rotatable bonds is 7. The molecule has 2 aromatic rings. The average Bonchev–Trinajstić information content (AvgIpc) is 2.66. The molecule has 5 nitrogen and oxygen atoms in total. The number of hydrogen-bond donors (Lipinski definition) is 1. The normalized spacial score (nSPS) is 23.5. The van der Waals surface area contributed by atoms with Crippen LogP contribution in [0.1, 0.15) is 47.2 Å². The molecule has 3 aliphatic rings. The number of ketones is 1. The van der Waals surface area contributed by atoms with Crippen molar-refractivity contribution in [2.24, 2.45) is 5.41 Å². The van der Waals surface area contributed by atoms with Crippen LogP contribution in [-0.4, -0.2) is 23.8 Å². The first-order valence-corrected chi connectivity index (χ1v) is 10.0. The molecule has 1 amide bonds. The third kappa shape index (κ3) is 3.78. The monoisotopic (exact) mass is 426 g/mol. The summed E-state index contributed by atoms with van der Waals surface area (Å²) in [6.07, 6.45) is 2.62. The second-order valence-electron chi connectivity index (χ2n) is 8.49. The molecule has 3 aliphatic carbocycles. The Morgan fingerprint density at radius 3 is 2.60 bits per heavy atom. The Kier molecular flexibility index (Phi) is 5.03. The van der Waals surface area contributed by atoms with Crippen LogP contribution in [0.2, 0.25) is 5.02 Å². The van der Waals surface area contributed by atoms with Gasteiger partial charge in [0.15, 0.2) is 5.78 Å². The Morgan fingerprint density at radius 1 is 1.23 bits per heavy atom. The van der Waals surface area contributed by atoms with E-state index in [0.717, 1.165) is 30.9 Å². The molecule has 0 spiro atoms. The quantitative estimate of drug-likeness (QED) is 0.713. The summed E-state index contributed by atoms with van der Waals surface area (Å²) in [6.45, 7) is 1.88. The number of aryl methyl sites for hydroxylation is 1. The SMILES string of the molecule is Cc1cc(OCC(=O)CC23CC(NC(=O)c4ccc(C#N)c(F)c4)(C2)C3)ccc1Cl. The maximum Gasteiger partial charge on any atom is 0.251 e. The van der Waals surface area contributed by atoms with Gasteiger partial charge < -0.3 is 10.1 Å². The summed E-state index contributed by atoms with van der Waals surface area (Å²) in [4.78, 5) is 24.8. The molecule has 0 aliphatic heterocycles. The number of benzene rings is 2. The van der Waals surface area contributed by atoms with Gasteiger partial charge in [0.2, 0.25) is 0 Å². The molecule has 3 saturated carbocycles. The molecule has 2 aromatic carbocycles. The van der Waals surface area contributed by atoms with Gasteiger partial charge in [0, 0.05) is 22.5 Å². The van der Waals surface area contributed by atoms with E-state index in [2.05, 4.69) is 5.32 Å². The molecule has 0 aromatic heterocycles. The van der Waals surface area contributed by atoms with Crippen LogP contribution in [0.15, 0.2) is 36.4 Å². The molecule has 30 heavy (non-hydrogen) atoms. The third-order valence-electron chi connectivity index (χ3n) is 5.97. The van der Waals surface area contributed by atoms with Crippen molar-refractivity contribution >= 4 is 23.3 Å². The summed E-state index contributed by atoms with van der Waals surface area (Å²) >= 11 is 5.99. The number of ether oxygens (including phenoxy) is 1. The van der Waals surface area contributed by atoms with Crippen molar-refractivity contribution in [3.8, 4) is 11.8 Å². The molecule has 0 atom stereocenters. The standard InChI is InChI=1S/C23H20ClFN2O3/c1-14-6-18(4-5-19(14)24)30-10-17(28)8-22-11-23(12-22,13-22)27-21(29)15-2-3-16(9-26)20(25)7-15/h2-7H,8,10-13H2,1H3,(H,27,29). The van der Waals surface area contributed by atoms with Crippen LogP contribution in [0, 0.1) is 29.5 Å². The fraction of sp³-hybridized carbons (Fsp3) is 0.348. The minimum absolute atomic E-state index is 0.00665. The first-order chi connectivity index (χ1) is 14.2. The van der Waals surface area contributed by atoms with Crippen molar-refractivity contribution in [3.63, 3.8) is 0 Å². The minimum Gasteiger partial charge on any atom is -0.486 e. The Balaban J connectivity index is 1.25. The van der Waals surface area contributed by atoms with Crippen molar-refractivity contribution in [2.45, 2.75) is 38.1 Å². The summed E-state index contributed by atoms with van der Waals surface area (Å²) in [5, 5.41) is 12.4. The molecule has 7 heteroatoms. The number of Topliss-reactive ketones (excluding diaryl/α,β-unsaturated/α-hetero) is 1. The zero-order chi connectivity index (χ0) is 21.5. The van der Waals surface area contributed by atoms with Crippen molar-refractivity contribution in [1.82, 2.24) is 5.32 Å². The Morgan fingerprint density at radius 2 is 1.97 bits per heavy atom. The van der Waals surface area contributed by atoms with Gasteiger partial charge >= 0.3 is 0 Å². The lowest BCUT2D eigenvalue weighted by Crippen LogP contribution is -2.75. The molecule has 0 saturated heterocycles. The van der Waals surface area contributed by atoms with Gasteiger partial charge in [-0.25, -0.2) is 4.39 Å². The number of amides is 1. The molecule has 2 bridgehead atoms. The van der Waals surface area contributed by atoms with Crippen LogP contribution in [0.25, 0.3) is 0 Å². The van der Waals surface area contributed by atoms with Crippen LogP contribution in [0.3, 0.4) is 0 Å². The zero-order valence-corrected chi connectivity index (χ0v) is 17.2. The van der Waals surface area contributed by atoms with Crippen LogP contribution in [0.4, 0.5) is 4.39 Å². The lowest BCUT2D eigenvalue weighted by atomic mass is 9.38. The average molecular weight is 427 g/mol. The van der Waals surface area contributed by atoms with Crippen LogP contribution >= 0.6 is 11.6 Å². The highest BCUT2D eigenvalue weighted by Crippen LogP contribution is 2.69. The Hall–Kier alpha value is -2.91. The highest BCUT2D eigenvalue weighted by Gasteiger charge is 2.68. The summed E-state index contributed by atoms with van der Waals surface area (Å²) in [5.74, 6) is -0.433. The number of nitrogens with zero attached hydrogens (tertiary/aromatic N) is 1. The maximum absolute atomic E-state index is 13.7. The van der Waals surface area contributed by atoms with E-state index in [9.17, 15) is 14.0 Å². The first-order valence-electron chi connectivity index (χ1n) is 9.66. The highest BCUT2D eigenvalue weighted by atomic mass is 35.5. The van der Waals surface area contributed by atoms with Gasteiger partial charge in [0.1, 0.15) is 24.2 Å². The number of hydrogen-bond acceptors (Lipinski definition) is 4. The third-order valence-corrected chi connectivity index (χ3v) is 6.40. The van der Waals surface area contributed by atoms with E-state index in [-0.39, 0.29) is 40.4 Å². The fourth-order valence-corrected chi connectivity index (χ4v) is 4.84. The predicted molar refractivity (Wildman–Crippen MR) is 109 cm³/mol. The van der Waals surface area contributed by atoms with Crippen molar-refractivity contribution in [1.29, 1.82) is 5.26 Å². The minimum atomic E-state index is -0.708. The van der Waals surface area contributed by atoms with Crippen LogP contribution in [-0.2, 0) is 4.79 Å².